The van der Waals surface area contributed by atoms with Gasteiger partial charge in [-0.25, -0.2) is 24.9 Å². The maximum absolute atomic E-state index is 12.6. The predicted molar refractivity (Wildman–Crippen MR) is 96.0 cm³/mol. The Labute approximate surface area is 159 Å². The molecule has 0 aliphatic heterocycles. The van der Waals surface area contributed by atoms with Crippen molar-refractivity contribution in [3.05, 3.63) is 52.2 Å². The van der Waals surface area contributed by atoms with Crippen LogP contribution in [0.4, 0.5) is 24.8 Å². The van der Waals surface area contributed by atoms with Gasteiger partial charge in [-0.15, -0.1) is 11.3 Å². The Bertz CT molecular complexity index is 1110. The Morgan fingerprint density at radius 1 is 1.00 bits per heavy atom. The van der Waals surface area contributed by atoms with Crippen molar-refractivity contribution < 1.29 is 13.2 Å². The van der Waals surface area contributed by atoms with E-state index < -0.39 is 11.7 Å². The Balaban J connectivity index is 1.67. The molecule has 0 saturated carbocycles. The van der Waals surface area contributed by atoms with Crippen LogP contribution in [0.1, 0.15) is 5.56 Å². The van der Waals surface area contributed by atoms with E-state index in [1.807, 2.05) is 0 Å². The molecule has 0 spiro atoms. The highest BCUT2D eigenvalue weighted by atomic mass is 35.5. The van der Waals surface area contributed by atoms with E-state index in [0.717, 1.165) is 12.4 Å². The lowest BCUT2D eigenvalue weighted by atomic mass is 10.2. The molecule has 1 N–H and O–H groups in total. The number of hydrogen-bond acceptors (Lipinski definition) is 7. The van der Waals surface area contributed by atoms with Crippen LogP contribution in [0, 0.1) is 0 Å². The second-order valence-electron chi connectivity index (χ2n) is 5.32. The number of nitrogens with one attached hydrogen (secondary N) is 1. The number of hydrogen-bond donors (Lipinski definition) is 1. The van der Waals surface area contributed by atoms with E-state index in [9.17, 15) is 13.2 Å². The lowest BCUT2D eigenvalue weighted by Gasteiger charge is -2.09. The SMILES string of the molecule is FC(F)(F)c1cnc(Nc2ccnc3nc(-c4ncsc4Cl)ccc23)nc1. The molecule has 0 radical (unpaired) electrons. The number of pyridine rings is 2. The molecule has 0 aliphatic rings. The average molecular weight is 409 g/mol. The monoisotopic (exact) mass is 408 g/mol. The molecule has 136 valence electrons. The summed E-state index contributed by atoms with van der Waals surface area (Å²) in [5, 5.41) is 3.53. The Morgan fingerprint density at radius 3 is 2.44 bits per heavy atom. The third-order valence-electron chi connectivity index (χ3n) is 3.60. The van der Waals surface area contributed by atoms with Crippen molar-refractivity contribution in [1.29, 1.82) is 0 Å². The van der Waals surface area contributed by atoms with Crippen molar-refractivity contribution in [1.82, 2.24) is 24.9 Å². The zero-order valence-electron chi connectivity index (χ0n) is 13.2. The smallest absolute Gasteiger partial charge is 0.323 e. The Hall–Kier alpha value is -2.85. The van der Waals surface area contributed by atoms with Crippen molar-refractivity contribution in [2.45, 2.75) is 6.18 Å². The summed E-state index contributed by atoms with van der Waals surface area (Å²) in [6.07, 6.45) is -1.52. The number of thiazole rings is 1. The highest BCUT2D eigenvalue weighted by Crippen LogP contribution is 2.31. The van der Waals surface area contributed by atoms with Crippen LogP contribution >= 0.6 is 22.9 Å². The minimum absolute atomic E-state index is 0.0297. The fourth-order valence-electron chi connectivity index (χ4n) is 2.33. The van der Waals surface area contributed by atoms with Gasteiger partial charge in [-0.05, 0) is 18.2 Å². The first-order chi connectivity index (χ1) is 12.9. The van der Waals surface area contributed by atoms with E-state index in [1.165, 1.54) is 17.5 Å². The number of nitrogens with zero attached hydrogens (tertiary/aromatic N) is 5. The molecular formula is C16H8ClF3N6S. The minimum Gasteiger partial charge on any atom is -0.323 e. The summed E-state index contributed by atoms with van der Waals surface area (Å²) in [6, 6.07) is 5.16. The zero-order valence-corrected chi connectivity index (χ0v) is 14.8. The van der Waals surface area contributed by atoms with E-state index in [0.29, 0.717) is 32.4 Å². The summed E-state index contributed by atoms with van der Waals surface area (Å²) in [5.74, 6) is 0.0297. The first kappa shape index (κ1) is 17.6. The molecule has 0 fully saturated rings. The zero-order chi connectivity index (χ0) is 19.0. The first-order valence-corrected chi connectivity index (χ1v) is 8.69. The molecule has 6 nitrogen and oxygen atoms in total. The molecule has 0 saturated heterocycles. The van der Waals surface area contributed by atoms with Crippen LogP contribution in [-0.4, -0.2) is 24.9 Å². The molecule has 0 aromatic carbocycles. The Kier molecular flexibility index (Phi) is 4.36. The van der Waals surface area contributed by atoms with Gasteiger partial charge < -0.3 is 5.32 Å². The maximum atomic E-state index is 12.6. The van der Waals surface area contributed by atoms with Gasteiger partial charge in [0.05, 0.1) is 22.5 Å². The highest BCUT2D eigenvalue weighted by Gasteiger charge is 2.31. The first-order valence-electron chi connectivity index (χ1n) is 7.43. The second kappa shape index (κ2) is 6.71. The molecule has 4 heterocycles. The maximum Gasteiger partial charge on any atom is 0.419 e. The molecule has 0 bridgehead atoms. The topological polar surface area (TPSA) is 76.5 Å². The van der Waals surface area contributed by atoms with Crippen LogP contribution in [0.2, 0.25) is 4.34 Å². The highest BCUT2D eigenvalue weighted by molar-refractivity contribution is 7.14. The fourth-order valence-corrected chi connectivity index (χ4v) is 3.11. The lowest BCUT2D eigenvalue weighted by molar-refractivity contribution is -0.138. The lowest BCUT2D eigenvalue weighted by Crippen LogP contribution is -2.07. The van der Waals surface area contributed by atoms with Crippen LogP contribution in [0.25, 0.3) is 22.4 Å². The molecule has 4 aromatic rings. The third kappa shape index (κ3) is 3.53. The van der Waals surface area contributed by atoms with Crippen LogP contribution < -0.4 is 5.32 Å². The molecule has 4 aromatic heterocycles. The van der Waals surface area contributed by atoms with Crippen molar-refractivity contribution in [3.63, 3.8) is 0 Å². The van der Waals surface area contributed by atoms with E-state index in [4.69, 9.17) is 11.6 Å². The van der Waals surface area contributed by atoms with Crippen molar-refractivity contribution >= 4 is 45.6 Å². The number of anilines is 2. The van der Waals surface area contributed by atoms with E-state index >= 15 is 0 Å². The van der Waals surface area contributed by atoms with E-state index in [1.54, 1.807) is 23.7 Å². The molecule has 0 unspecified atom stereocenters. The standard InChI is InChI=1S/C16H8ClF3N6S/c17-13-12(24-7-27-13)11-2-1-9-10(3-4-21-14(9)25-11)26-15-22-5-8(6-23-15)16(18,19)20/h1-7H,(H,21,22,23,25,26). The van der Waals surface area contributed by atoms with Crippen molar-refractivity contribution in [2.75, 3.05) is 5.32 Å². The number of alkyl halides is 3. The van der Waals surface area contributed by atoms with Crippen LogP contribution in [0.3, 0.4) is 0 Å². The molecule has 0 amide bonds. The fraction of sp³-hybridized carbons (Fsp3) is 0.0625. The van der Waals surface area contributed by atoms with Gasteiger partial charge in [0, 0.05) is 24.0 Å². The Morgan fingerprint density at radius 2 is 1.78 bits per heavy atom. The van der Waals surface area contributed by atoms with Gasteiger partial charge >= 0.3 is 6.18 Å². The molecule has 11 heteroatoms. The molecular weight excluding hydrogens is 401 g/mol. The number of halogens is 4. The molecule has 0 aliphatic carbocycles. The summed E-state index contributed by atoms with van der Waals surface area (Å²) < 4.78 is 38.3. The van der Waals surface area contributed by atoms with Crippen molar-refractivity contribution in [2.24, 2.45) is 0 Å². The van der Waals surface area contributed by atoms with Gasteiger partial charge in [0.15, 0.2) is 5.65 Å². The number of aromatic nitrogens is 5. The third-order valence-corrected chi connectivity index (χ3v) is 4.65. The average Bonchev–Trinajstić information content (AvgIpc) is 3.07. The summed E-state index contributed by atoms with van der Waals surface area (Å²) >= 11 is 7.39. The quantitative estimate of drug-likeness (QED) is 0.516. The predicted octanol–water partition coefficient (Wildman–Crippen LogP) is 4.96. The van der Waals surface area contributed by atoms with Gasteiger partial charge in [-0.2, -0.15) is 13.2 Å². The van der Waals surface area contributed by atoms with Crippen LogP contribution in [-0.2, 0) is 6.18 Å². The van der Waals surface area contributed by atoms with E-state index in [-0.39, 0.29) is 5.95 Å². The summed E-state index contributed by atoms with van der Waals surface area (Å²) in [7, 11) is 0. The van der Waals surface area contributed by atoms with Crippen LogP contribution in [0.5, 0.6) is 0 Å². The van der Waals surface area contributed by atoms with Gasteiger partial charge in [-0.1, -0.05) is 11.6 Å². The van der Waals surface area contributed by atoms with Crippen molar-refractivity contribution in [3.8, 4) is 11.4 Å². The van der Waals surface area contributed by atoms with Crippen LogP contribution in [0.15, 0.2) is 42.3 Å². The minimum atomic E-state index is -4.49. The van der Waals surface area contributed by atoms with Gasteiger partial charge in [0.1, 0.15) is 10.0 Å². The number of fused-ring (bicyclic) bond motifs is 1. The molecule has 4 rings (SSSR count). The molecule has 0 atom stereocenters. The number of rotatable bonds is 3. The summed E-state index contributed by atoms with van der Waals surface area (Å²) in [4.78, 5) is 20.3. The van der Waals surface area contributed by atoms with E-state index in [2.05, 4.69) is 30.2 Å². The summed E-state index contributed by atoms with van der Waals surface area (Å²) in [5.41, 5.74) is 2.83. The second-order valence-corrected chi connectivity index (χ2v) is 6.78. The van der Waals surface area contributed by atoms with Gasteiger partial charge in [0.2, 0.25) is 5.95 Å². The molecule has 27 heavy (non-hydrogen) atoms. The normalized spacial score (nSPS) is 11.7. The summed E-state index contributed by atoms with van der Waals surface area (Å²) in [6.45, 7) is 0. The van der Waals surface area contributed by atoms with Gasteiger partial charge in [-0.3, -0.25) is 0 Å². The largest absolute Gasteiger partial charge is 0.419 e. The van der Waals surface area contributed by atoms with Gasteiger partial charge in [0.25, 0.3) is 0 Å².